The lowest BCUT2D eigenvalue weighted by atomic mass is 10.3. The summed E-state index contributed by atoms with van der Waals surface area (Å²) in [4.78, 5) is 6.39. The van der Waals surface area contributed by atoms with Crippen LogP contribution in [0.3, 0.4) is 0 Å². The molecule has 0 unspecified atom stereocenters. The molecule has 0 atom stereocenters. The maximum Gasteiger partial charge on any atom is 0.204 e. The lowest BCUT2D eigenvalue weighted by Crippen LogP contribution is -2.15. The monoisotopic (exact) mass is 390 g/mol. The van der Waals surface area contributed by atoms with Crippen LogP contribution in [0.1, 0.15) is 5.69 Å². The number of nitrogens with zero attached hydrogens (tertiary/aromatic N) is 3. The van der Waals surface area contributed by atoms with Gasteiger partial charge >= 0.3 is 0 Å². The Labute approximate surface area is 131 Å². The molecule has 2 rings (SSSR count). The van der Waals surface area contributed by atoms with Crippen LogP contribution < -0.4 is 10.2 Å². The minimum Gasteiger partial charge on any atom is -0.379 e. The second kappa shape index (κ2) is 6.00. The summed E-state index contributed by atoms with van der Waals surface area (Å²) in [6.07, 6.45) is 1.89. The van der Waals surface area contributed by atoms with Crippen LogP contribution in [-0.4, -0.2) is 23.6 Å². The van der Waals surface area contributed by atoms with Crippen LogP contribution >= 0.6 is 34.2 Å². The summed E-state index contributed by atoms with van der Waals surface area (Å²) in [7, 11) is 6.00. The molecule has 1 aromatic heterocycles. The average Bonchev–Trinajstić information content (AvgIpc) is 2.70. The van der Waals surface area contributed by atoms with E-state index in [9.17, 15) is 0 Å². The molecule has 6 heteroatoms. The maximum atomic E-state index is 5.95. The summed E-state index contributed by atoms with van der Waals surface area (Å²) in [5, 5.41) is 4.16. The standard InChI is InChI=1S/C13H16ClIN4/c1-18(2)13-17-8-10(19(13)3)7-16-12-5-4-9(14)6-11(12)15/h4-6,8,16H,7H2,1-3H3. The van der Waals surface area contributed by atoms with Crippen molar-refractivity contribution in [3.8, 4) is 0 Å². The Kier molecular flexibility index (Phi) is 4.57. The number of halogens is 2. The number of imidazole rings is 1. The zero-order valence-electron chi connectivity index (χ0n) is 11.1. The van der Waals surface area contributed by atoms with Crippen molar-refractivity contribution in [3.05, 3.63) is 38.7 Å². The third-order valence-corrected chi connectivity index (χ3v) is 3.98. The molecule has 0 radical (unpaired) electrons. The molecule has 0 spiro atoms. The van der Waals surface area contributed by atoms with Crippen LogP contribution in [0.15, 0.2) is 24.4 Å². The van der Waals surface area contributed by atoms with Gasteiger partial charge in [0.05, 0.1) is 18.4 Å². The zero-order valence-corrected chi connectivity index (χ0v) is 14.0. The van der Waals surface area contributed by atoms with Crippen LogP contribution in [0.5, 0.6) is 0 Å². The van der Waals surface area contributed by atoms with Gasteiger partial charge in [-0.3, -0.25) is 0 Å². The summed E-state index contributed by atoms with van der Waals surface area (Å²) in [5.41, 5.74) is 2.21. The van der Waals surface area contributed by atoms with E-state index in [0.717, 1.165) is 32.5 Å². The maximum absolute atomic E-state index is 5.95. The number of rotatable bonds is 4. The zero-order chi connectivity index (χ0) is 14.0. The first-order valence-electron chi connectivity index (χ1n) is 5.86. The van der Waals surface area contributed by atoms with Crippen molar-refractivity contribution in [1.82, 2.24) is 9.55 Å². The van der Waals surface area contributed by atoms with Crippen LogP contribution in [0.25, 0.3) is 0 Å². The Morgan fingerprint density at radius 2 is 2.16 bits per heavy atom. The largest absolute Gasteiger partial charge is 0.379 e. The van der Waals surface area contributed by atoms with Crippen molar-refractivity contribution < 1.29 is 0 Å². The molecule has 2 aromatic rings. The Morgan fingerprint density at radius 3 is 2.74 bits per heavy atom. The first-order chi connectivity index (χ1) is 8.99. The van der Waals surface area contributed by atoms with Gasteiger partial charge in [0.25, 0.3) is 0 Å². The molecule has 0 bridgehead atoms. The van der Waals surface area contributed by atoms with Gasteiger partial charge in [-0.1, -0.05) is 11.6 Å². The van der Waals surface area contributed by atoms with Gasteiger partial charge in [0, 0.05) is 35.4 Å². The molecule has 0 aliphatic heterocycles. The molecule has 0 saturated carbocycles. The van der Waals surface area contributed by atoms with Crippen molar-refractivity contribution in [2.45, 2.75) is 6.54 Å². The molecular formula is C13H16ClIN4. The molecule has 0 amide bonds. The third-order valence-electron chi connectivity index (χ3n) is 2.85. The fourth-order valence-electron chi connectivity index (χ4n) is 1.83. The van der Waals surface area contributed by atoms with Gasteiger partial charge in [0.1, 0.15) is 0 Å². The second-order valence-electron chi connectivity index (χ2n) is 4.48. The number of anilines is 2. The van der Waals surface area contributed by atoms with E-state index in [1.165, 1.54) is 0 Å². The smallest absolute Gasteiger partial charge is 0.204 e. The van der Waals surface area contributed by atoms with Crippen LogP contribution in [0, 0.1) is 3.57 Å². The Balaban J connectivity index is 2.10. The quantitative estimate of drug-likeness (QED) is 0.813. The SMILES string of the molecule is CN(C)c1ncc(CNc2ccc(Cl)cc2I)n1C. The molecular weight excluding hydrogens is 375 g/mol. The molecule has 19 heavy (non-hydrogen) atoms. The van der Waals surface area contributed by atoms with Gasteiger partial charge in [-0.25, -0.2) is 4.98 Å². The fraction of sp³-hybridized carbons (Fsp3) is 0.308. The van der Waals surface area contributed by atoms with E-state index >= 15 is 0 Å². The highest BCUT2D eigenvalue weighted by molar-refractivity contribution is 14.1. The van der Waals surface area contributed by atoms with Gasteiger partial charge in [-0.15, -0.1) is 0 Å². The number of hydrogen-bond donors (Lipinski definition) is 1. The summed E-state index contributed by atoms with van der Waals surface area (Å²) in [6.45, 7) is 0.731. The number of benzene rings is 1. The fourth-order valence-corrected chi connectivity index (χ4v) is 2.89. The molecule has 1 aromatic carbocycles. The molecule has 4 nitrogen and oxygen atoms in total. The van der Waals surface area contributed by atoms with E-state index in [-0.39, 0.29) is 0 Å². The Bertz CT molecular complexity index is 580. The predicted octanol–water partition coefficient (Wildman–Crippen LogP) is 3.36. The molecule has 1 heterocycles. The third kappa shape index (κ3) is 3.33. The van der Waals surface area contributed by atoms with E-state index in [1.807, 2.05) is 50.4 Å². The van der Waals surface area contributed by atoms with Crippen molar-refractivity contribution in [2.24, 2.45) is 7.05 Å². The number of aromatic nitrogens is 2. The highest BCUT2D eigenvalue weighted by Crippen LogP contribution is 2.23. The first-order valence-corrected chi connectivity index (χ1v) is 7.31. The number of nitrogens with one attached hydrogen (secondary N) is 1. The van der Waals surface area contributed by atoms with Gasteiger partial charge in [0.2, 0.25) is 5.95 Å². The Morgan fingerprint density at radius 1 is 1.42 bits per heavy atom. The average molecular weight is 391 g/mol. The highest BCUT2D eigenvalue weighted by Gasteiger charge is 2.08. The number of hydrogen-bond acceptors (Lipinski definition) is 3. The summed E-state index contributed by atoms with van der Waals surface area (Å²) < 4.78 is 3.19. The van der Waals surface area contributed by atoms with E-state index < -0.39 is 0 Å². The first kappa shape index (κ1) is 14.5. The van der Waals surface area contributed by atoms with Crippen molar-refractivity contribution in [3.63, 3.8) is 0 Å². The highest BCUT2D eigenvalue weighted by atomic mass is 127. The molecule has 1 N–H and O–H groups in total. The molecule has 0 saturated heterocycles. The van der Waals surface area contributed by atoms with E-state index in [0.29, 0.717) is 0 Å². The molecule has 102 valence electrons. The van der Waals surface area contributed by atoms with E-state index in [4.69, 9.17) is 11.6 Å². The van der Waals surface area contributed by atoms with E-state index in [2.05, 4.69) is 37.5 Å². The van der Waals surface area contributed by atoms with Crippen molar-refractivity contribution in [2.75, 3.05) is 24.3 Å². The van der Waals surface area contributed by atoms with Gasteiger partial charge in [0.15, 0.2) is 0 Å². The van der Waals surface area contributed by atoms with Crippen LogP contribution in [-0.2, 0) is 13.6 Å². The van der Waals surface area contributed by atoms with Gasteiger partial charge in [-0.05, 0) is 40.8 Å². The summed E-state index contributed by atoms with van der Waals surface area (Å²) in [5.74, 6) is 0.947. The molecule has 0 fully saturated rings. The topological polar surface area (TPSA) is 33.1 Å². The van der Waals surface area contributed by atoms with Crippen molar-refractivity contribution >= 4 is 45.8 Å². The minimum atomic E-state index is 0.731. The van der Waals surface area contributed by atoms with Crippen LogP contribution in [0.4, 0.5) is 11.6 Å². The summed E-state index contributed by atoms with van der Waals surface area (Å²) >= 11 is 8.22. The lowest BCUT2D eigenvalue weighted by molar-refractivity contribution is 0.814. The van der Waals surface area contributed by atoms with Gasteiger partial charge in [-0.2, -0.15) is 0 Å². The predicted molar refractivity (Wildman–Crippen MR) is 89.0 cm³/mol. The molecule has 0 aliphatic rings. The van der Waals surface area contributed by atoms with Crippen LogP contribution in [0.2, 0.25) is 5.02 Å². The second-order valence-corrected chi connectivity index (χ2v) is 6.08. The molecule has 0 aliphatic carbocycles. The van der Waals surface area contributed by atoms with Gasteiger partial charge < -0.3 is 14.8 Å². The minimum absolute atomic E-state index is 0.731. The normalized spacial score (nSPS) is 10.6. The summed E-state index contributed by atoms with van der Waals surface area (Å²) in [6, 6.07) is 5.83. The Hall–Kier alpha value is -0.950. The lowest BCUT2D eigenvalue weighted by Gasteiger charge is -2.13. The van der Waals surface area contributed by atoms with E-state index in [1.54, 1.807) is 0 Å². The van der Waals surface area contributed by atoms with Crippen molar-refractivity contribution in [1.29, 1.82) is 0 Å².